The maximum absolute atomic E-state index is 13.4. The Labute approximate surface area is 497 Å². The van der Waals surface area contributed by atoms with Gasteiger partial charge in [0.2, 0.25) is 11.8 Å². The average molecular weight is 1210 g/mol. The highest BCUT2D eigenvalue weighted by atomic mass is 16.8. The predicted molar refractivity (Wildman–Crippen MR) is 308 cm³/mol. The molecule has 3 rings (SSSR count). The van der Waals surface area contributed by atoms with Crippen molar-refractivity contribution in [2.75, 3.05) is 40.1 Å². The smallest absolute Gasteiger partial charge is 0.364 e. The topological polar surface area (TPSA) is 383 Å². The monoisotopic (exact) mass is 1210 g/mol. The molecule has 18 atom stereocenters. The van der Waals surface area contributed by atoms with Crippen molar-refractivity contribution in [3.05, 3.63) is 12.2 Å². The summed E-state index contributed by atoms with van der Waals surface area (Å²) in [7, 11) is 1.09. The first kappa shape index (κ1) is 75.7. The number of carbonyl (C=O) groups is 3. The van der Waals surface area contributed by atoms with Gasteiger partial charge in [-0.15, -0.1) is 0 Å². The van der Waals surface area contributed by atoms with Crippen molar-refractivity contribution >= 4 is 17.8 Å². The number of allylic oxidation sites excluding steroid dienone is 1. The zero-order chi connectivity index (χ0) is 62.0. The lowest BCUT2D eigenvalue weighted by Gasteiger charge is -2.50. The number of aliphatic carboxylic acids is 1. The molecule has 0 aliphatic carbocycles. The number of carboxylic acid groups (broad SMARTS) is 1. The van der Waals surface area contributed by atoms with Gasteiger partial charge in [-0.3, -0.25) is 9.59 Å². The van der Waals surface area contributed by atoms with Crippen LogP contribution in [0.3, 0.4) is 0 Å². The van der Waals surface area contributed by atoms with E-state index in [2.05, 4.69) is 31.4 Å². The fourth-order valence-electron chi connectivity index (χ4n) is 11.1. The molecule has 3 heterocycles. The van der Waals surface area contributed by atoms with Gasteiger partial charge in [0.25, 0.3) is 5.79 Å². The number of aliphatic hydroxyl groups excluding tert-OH is 11. The number of carboxylic acids is 1. The number of rotatable bonds is 46. The molecule has 3 aliphatic heterocycles. The molecule has 3 aliphatic rings. The van der Waals surface area contributed by atoms with Gasteiger partial charge >= 0.3 is 5.97 Å². The second-order valence-electron chi connectivity index (χ2n) is 23.6. The van der Waals surface area contributed by atoms with Gasteiger partial charge in [-0.05, 0) is 25.2 Å². The Hall–Kier alpha value is -2.57. The summed E-state index contributed by atoms with van der Waals surface area (Å²) in [6.45, 7) is 2.42. The fourth-order valence-corrected chi connectivity index (χ4v) is 11.1. The molecule has 0 aromatic heterocycles. The summed E-state index contributed by atoms with van der Waals surface area (Å²) in [5.74, 6) is -5.74. The minimum absolute atomic E-state index is 0.200. The lowest BCUT2D eigenvalue weighted by molar-refractivity contribution is -0.386. The normalized spacial score (nSPS) is 29.9. The molecule has 3 saturated heterocycles. The van der Waals surface area contributed by atoms with Crippen molar-refractivity contribution in [2.45, 2.75) is 304 Å². The van der Waals surface area contributed by atoms with Gasteiger partial charge in [-0.25, -0.2) is 4.79 Å². The number of hydrogen-bond donors (Lipinski definition) is 14. The largest absolute Gasteiger partial charge is 0.477 e. The van der Waals surface area contributed by atoms with Crippen LogP contribution in [-0.2, 0) is 47.5 Å². The quantitative estimate of drug-likeness (QED) is 0.0308. The molecule has 14 N–H and O–H groups in total. The van der Waals surface area contributed by atoms with E-state index in [1.165, 1.54) is 103 Å². The first-order valence-corrected chi connectivity index (χ1v) is 31.5. The second-order valence-corrected chi connectivity index (χ2v) is 23.6. The molecule has 0 spiro atoms. The van der Waals surface area contributed by atoms with Crippen LogP contribution in [0.2, 0.25) is 0 Å². The van der Waals surface area contributed by atoms with E-state index in [1.807, 2.05) is 6.08 Å². The van der Waals surface area contributed by atoms with Gasteiger partial charge < -0.3 is 105 Å². The summed E-state index contributed by atoms with van der Waals surface area (Å²) in [4.78, 5) is 38.7. The number of carbonyl (C=O) groups excluding carboxylic acids is 2. The Morgan fingerprint density at radius 3 is 1.74 bits per heavy atom. The SMILES string of the molecule is CCCCCCCCCCCCCCCCCC(=O)NC(CO[C@@H]1O[C@H](CO)[C@@H](O[C@H]2O[C@H](CO)[C@H](O)[C@H](O[C@]3(C(=O)O)C[C@H](O)[C@@H](NC(=O)CO)[C@H]([C@@H](O)[C@@H](CO)OC)O3)[C@H]2O)[C@H](O)[C@H]1O)C(O)/C=C/CCCCCCCCCCC(C)C. The fraction of sp³-hybridized carbons (Fsp3) is 0.917. The molecular formula is C60H110N2O22. The van der Waals surface area contributed by atoms with Crippen LogP contribution in [0.1, 0.15) is 194 Å². The van der Waals surface area contributed by atoms with Crippen LogP contribution in [0.15, 0.2) is 12.2 Å². The number of ether oxygens (including phenoxy) is 7. The molecule has 0 radical (unpaired) electrons. The minimum Gasteiger partial charge on any atom is -0.477 e. The average Bonchev–Trinajstić information content (AvgIpc) is 1.18. The highest BCUT2D eigenvalue weighted by Gasteiger charge is 2.60. The molecule has 3 fully saturated rings. The molecule has 0 bridgehead atoms. The van der Waals surface area contributed by atoms with Gasteiger partial charge in [-0.2, -0.15) is 0 Å². The lowest BCUT2D eigenvalue weighted by atomic mass is 9.88. The first-order valence-electron chi connectivity index (χ1n) is 31.5. The molecule has 24 heteroatoms. The van der Waals surface area contributed by atoms with Gasteiger partial charge in [0.05, 0.1) is 50.7 Å². The van der Waals surface area contributed by atoms with Gasteiger partial charge in [0.15, 0.2) is 12.6 Å². The van der Waals surface area contributed by atoms with E-state index in [9.17, 15) is 75.7 Å². The highest BCUT2D eigenvalue weighted by molar-refractivity contribution is 5.78. The summed E-state index contributed by atoms with van der Waals surface area (Å²) in [6.07, 6.45) is 3.38. The summed E-state index contributed by atoms with van der Waals surface area (Å²) in [5.41, 5.74) is 0. The van der Waals surface area contributed by atoms with E-state index in [4.69, 9.17) is 33.2 Å². The molecule has 0 aromatic rings. The van der Waals surface area contributed by atoms with Crippen molar-refractivity contribution in [3.63, 3.8) is 0 Å². The van der Waals surface area contributed by atoms with Crippen molar-refractivity contribution in [3.8, 4) is 0 Å². The molecule has 2 amide bonds. The molecule has 0 aromatic carbocycles. The molecule has 2 unspecified atom stereocenters. The summed E-state index contributed by atoms with van der Waals surface area (Å²) in [6, 6.07) is -2.69. The van der Waals surface area contributed by atoms with Crippen LogP contribution in [-0.4, -0.2) is 229 Å². The second kappa shape index (κ2) is 42.4. The van der Waals surface area contributed by atoms with E-state index >= 15 is 0 Å². The zero-order valence-corrected chi connectivity index (χ0v) is 50.6. The Morgan fingerprint density at radius 2 is 1.21 bits per heavy atom. The first-order chi connectivity index (χ1) is 40.3. The maximum Gasteiger partial charge on any atom is 0.364 e. The van der Waals surface area contributed by atoms with E-state index in [1.54, 1.807) is 6.08 Å². The van der Waals surface area contributed by atoms with Crippen molar-refractivity contribution in [1.82, 2.24) is 10.6 Å². The van der Waals surface area contributed by atoms with Crippen molar-refractivity contribution in [2.24, 2.45) is 5.92 Å². The lowest BCUT2D eigenvalue weighted by Crippen LogP contribution is -2.71. The Kier molecular flexibility index (Phi) is 38.2. The molecule has 24 nitrogen and oxygen atoms in total. The van der Waals surface area contributed by atoms with Crippen LogP contribution in [0.4, 0.5) is 0 Å². The van der Waals surface area contributed by atoms with Crippen LogP contribution in [0.5, 0.6) is 0 Å². The Bertz CT molecular complexity index is 1780. The maximum atomic E-state index is 13.4. The standard InChI is InChI=1S/C60H110N2O22/c1-5-6-7-8-9-10-11-12-13-14-15-20-23-26-29-32-46(69)61-40(41(67)31-28-25-22-19-17-16-18-21-24-27-30-39(2)3)38-79-57-52(74)51(73)54(45(36-65)81-57)82-58-53(75)56(50(72)44(35-64)80-58)84-60(59(76)77)33-42(68)48(62-47(70)37-66)55(83-60)49(71)43(34-63)78-4/h28,31,39-45,48-58,63-68,71-75H,5-27,29-30,32-38H2,1-4H3,(H,61,69)(H,62,70)(H,76,77)/b31-28+/t40?,41?,42-,43+,44+,45+,48+,49-,50-,51+,52+,53+,54+,55+,56-,57+,58+,60-/m0/s1. The van der Waals surface area contributed by atoms with Crippen molar-refractivity contribution < 1.29 is 109 Å². The third-order valence-corrected chi connectivity index (χ3v) is 16.3. The summed E-state index contributed by atoms with van der Waals surface area (Å²) in [5, 5.41) is 136. The van der Waals surface area contributed by atoms with Crippen molar-refractivity contribution in [1.29, 1.82) is 0 Å². The summed E-state index contributed by atoms with van der Waals surface area (Å²) >= 11 is 0. The summed E-state index contributed by atoms with van der Waals surface area (Å²) < 4.78 is 40.0. The number of nitrogens with one attached hydrogen (secondary N) is 2. The molecular weight excluding hydrogens is 1100 g/mol. The predicted octanol–water partition coefficient (Wildman–Crippen LogP) is 2.65. The number of amides is 2. The van der Waals surface area contributed by atoms with Crippen LogP contribution in [0, 0.1) is 5.92 Å². The van der Waals surface area contributed by atoms with E-state index in [-0.39, 0.29) is 12.3 Å². The number of aliphatic hydroxyl groups is 11. The number of unbranched alkanes of at least 4 members (excludes halogenated alkanes) is 22. The number of hydrogen-bond acceptors (Lipinski definition) is 21. The zero-order valence-electron chi connectivity index (χ0n) is 50.6. The third-order valence-electron chi connectivity index (χ3n) is 16.3. The van der Waals surface area contributed by atoms with Gasteiger partial charge in [0, 0.05) is 20.0 Å². The Morgan fingerprint density at radius 1 is 0.667 bits per heavy atom. The van der Waals surface area contributed by atoms with Crippen LogP contribution in [0.25, 0.3) is 0 Å². The van der Waals surface area contributed by atoms with Gasteiger partial charge in [0.1, 0.15) is 73.8 Å². The molecule has 0 saturated carbocycles. The van der Waals surface area contributed by atoms with E-state index < -0.39 is 161 Å². The molecule has 84 heavy (non-hydrogen) atoms. The van der Waals surface area contributed by atoms with E-state index in [0.717, 1.165) is 58.0 Å². The van der Waals surface area contributed by atoms with E-state index in [0.29, 0.717) is 12.8 Å². The highest BCUT2D eigenvalue weighted by Crippen LogP contribution is 2.39. The third kappa shape index (κ3) is 25.9. The van der Waals surface area contributed by atoms with Gasteiger partial charge in [-0.1, -0.05) is 174 Å². The minimum atomic E-state index is -3.09. The number of methoxy groups -OCH3 is 1. The van der Waals surface area contributed by atoms with Crippen LogP contribution >= 0.6 is 0 Å². The van der Waals surface area contributed by atoms with Crippen LogP contribution < -0.4 is 10.6 Å². The Balaban J connectivity index is 1.69. The molecule has 492 valence electrons.